The van der Waals surface area contributed by atoms with Crippen LogP contribution in [0.4, 0.5) is 0 Å². The first kappa shape index (κ1) is 11.4. The van der Waals surface area contributed by atoms with E-state index < -0.39 is 0 Å². The van der Waals surface area contributed by atoms with Gasteiger partial charge in [0.25, 0.3) is 0 Å². The molecule has 0 amide bonds. The zero-order valence-corrected chi connectivity index (χ0v) is 11.2. The Kier molecular flexibility index (Phi) is 2.59. The molecular weight excluding hydrogens is 244 g/mol. The van der Waals surface area contributed by atoms with Crippen LogP contribution in [-0.2, 0) is 13.0 Å². The van der Waals surface area contributed by atoms with E-state index in [1.54, 1.807) is 0 Å². The highest BCUT2D eigenvalue weighted by Gasteiger charge is 2.03. The Morgan fingerprint density at radius 1 is 0.850 bits per heavy atom. The van der Waals surface area contributed by atoms with Crippen molar-refractivity contribution in [3.8, 4) is 0 Å². The molecule has 0 radical (unpaired) electrons. The summed E-state index contributed by atoms with van der Waals surface area (Å²) in [7, 11) is 0. The van der Waals surface area contributed by atoms with E-state index in [-0.39, 0.29) is 0 Å². The van der Waals surface area contributed by atoms with E-state index in [2.05, 4.69) is 76.7 Å². The first-order valence-electron chi connectivity index (χ1n) is 7.00. The highest BCUT2D eigenvalue weighted by Crippen LogP contribution is 2.20. The number of para-hydroxylation sites is 1. The summed E-state index contributed by atoms with van der Waals surface area (Å²) in [6.07, 6.45) is 7.63. The van der Waals surface area contributed by atoms with Crippen LogP contribution >= 0.6 is 0 Å². The van der Waals surface area contributed by atoms with Gasteiger partial charge in [0.1, 0.15) is 0 Å². The molecule has 4 aromatic rings. The summed E-state index contributed by atoms with van der Waals surface area (Å²) in [6.45, 7) is 1.01. The van der Waals surface area contributed by atoms with Crippen LogP contribution in [0.25, 0.3) is 21.7 Å². The molecular formula is C18H16N2. The van der Waals surface area contributed by atoms with Gasteiger partial charge in [0.2, 0.25) is 0 Å². The molecule has 2 heteroatoms. The van der Waals surface area contributed by atoms with Gasteiger partial charge in [-0.2, -0.15) is 0 Å². The van der Waals surface area contributed by atoms with Crippen molar-refractivity contribution >= 4 is 21.7 Å². The molecule has 0 aliphatic heterocycles. The lowest BCUT2D eigenvalue weighted by atomic mass is 10.1. The van der Waals surface area contributed by atoms with Crippen molar-refractivity contribution in [1.29, 1.82) is 0 Å². The first-order chi connectivity index (χ1) is 9.90. The zero-order chi connectivity index (χ0) is 13.4. The monoisotopic (exact) mass is 260 g/mol. The predicted octanol–water partition coefficient (Wildman–Crippen LogP) is 4.37. The molecule has 0 atom stereocenters. The highest BCUT2D eigenvalue weighted by molar-refractivity contribution is 5.83. The number of hydrogen-bond donors (Lipinski definition) is 1. The summed E-state index contributed by atoms with van der Waals surface area (Å²) in [5.41, 5.74) is 2.61. The molecule has 0 bridgehead atoms. The Labute approximate surface area is 117 Å². The third-order valence-electron chi connectivity index (χ3n) is 3.92. The maximum Gasteiger partial charge on any atom is 0.0456 e. The average Bonchev–Trinajstić information content (AvgIpc) is 3.08. The minimum atomic E-state index is 1.01. The summed E-state index contributed by atoms with van der Waals surface area (Å²) in [4.78, 5) is 3.34. The maximum absolute atomic E-state index is 3.34. The number of H-pyrrole nitrogens is 1. The Morgan fingerprint density at radius 2 is 1.55 bits per heavy atom. The molecule has 0 saturated carbocycles. The van der Waals surface area contributed by atoms with E-state index in [4.69, 9.17) is 0 Å². The fourth-order valence-corrected chi connectivity index (χ4v) is 2.86. The number of nitrogens with zero attached hydrogens (tertiary/aromatic N) is 1. The lowest BCUT2D eigenvalue weighted by Crippen LogP contribution is -1.97. The predicted molar refractivity (Wildman–Crippen MR) is 83.9 cm³/mol. The maximum atomic E-state index is 3.34. The van der Waals surface area contributed by atoms with Crippen LogP contribution in [0.2, 0.25) is 0 Å². The minimum Gasteiger partial charge on any atom is -0.361 e. The summed E-state index contributed by atoms with van der Waals surface area (Å²) in [5, 5.41) is 3.96. The van der Waals surface area contributed by atoms with Crippen LogP contribution in [0.15, 0.2) is 67.1 Å². The molecule has 2 aromatic carbocycles. The van der Waals surface area contributed by atoms with Crippen molar-refractivity contribution in [1.82, 2.24) is 9.55 Å². The zero-order valence-electron chi connectivity index (χ0n) is 11.2. The number of benzene rings is 2. The van der Waals surface area contributed by atoms with Gasteiger partial charge in [0, 0.05) is 36.0 Å². The van der Waals surface area contributed by atoms with Gasteiger partial charge in [0.15, 0.2) is 0 Å². The number of nitrogens with one attached hydrogen (secondary N) is 1. The smallest absolute Gasteiger partial charge is 0.0456 e. The average molecular weight is 260 g/mol. The first-order valence-corrected chi connectivity index (χ1v) is 7.00. The van der Waals surface area contributed by atoms with Crippen LogP contribution in [0.3, 0.4) is 0 Å². The number of fused-ring (bicyclic) bond motifs is 2. The van der Waals surface area contributed by atoms with Crippen molar-refractivity contribution in [2.24, 2.45) is 0 Å². The third kappa shape index (κ3) is 1.90. The molecule has 2 nitrogen and oxygen atoms in total. The van der Waals surface area contributed by atoms with Crippen molar-refractivity contribution in [3.63, 3.8) is 0 Å². The van der Waals surface area contributed by atoms with Crippen LogP contribution in [0, 0.1) is 0 Å². The minimum absolute atomic E-state index is 1.01. The van der Waals surface area contributed by atoms with Gasteiger partial charge >= 0.3 is 0 Å². The number of aryl methyl sites for hydroxylation is 2. The van der Waals surface area contributed by atoms with Crippen molar-refractivity contribution in [2.75, 3.05) is 0 Å². The van der Waals surface area contributed by atoms with Crippen molar-refractivity contribution in [3.05, 3.63) is 72.7 Å². The molecule has 98 valence electrons. The van der Waals surface area contributed by atoms with Crippen molar-refractivity contribution < 1.29 is 0 Å². The molecule has 0 unspecified atom stereocenters. The Hall–Kier alpha value is -2.48. The fourth-order valence-electron chi connectivity index (χ4n) is 2.86. The van der Waals surface area contributed by atoms with Crippen LogP contribution in [0.1, 0.15) is 5.56 Å². The lowest BCUT2D eigenvalue weighted by Gasteiger charge is -2.01. The molecule has 0 aliphatic rings. The fraction of sp³-hybridized carbons (Fsp3) is 0.111. The second-order valence-electron chi connectivity index (χ2n) is 5.23. The van der Waals surface area contributed by atoms with E-state index in [1.807, 2.05) is 0 Å². The van der Waals surface area contributed by atoms with E-state index in [9.17, 15) is 0 Å². The Morgan fingerprint density at radius 3 is 2.35 bits per heavy atom. The van der Waals surface area contributed by atoms with E-state index in [0.29, 0.717) is 0 Å². The largest absolute Gasteiger partial charge is 0.361 e. The third-order valence-corrected chi connectivity index (χ3v) is 3.92. The molecule has 2 heterocycles. The number of hydrogen-bond acceptors (Lipinski definition) is 0. The van der Waals surface area contributed by atoms with Crippen LogP contribution < -0.4 is 0 Å². The van der Waals surface area contributed by atoms with Crippen molar-refractivity contribution in [2.45, 2.75) is 13.0 Å². The molecule has 4 rings (SSSR count). The molecule has 1 N–H and O–H groups in total. The Bertz CT molecular complexity index is 834. The summed E-state index contributed by atoms with van der Waals surface area (Å²) >= 11 is 0. The highest BCUT2D eigenvalue weighted by atomic mass is 14.9. The van der Waals surface area contributed by atoms with Gasteiger partial charge in [-0.25, -0.2) is 0 Å². The van der Waals surface area contributed by atoms with Gasteiger partial charge in [-0.05, 0) is 28.8 Å². The van der Waals surface area contributed by atoms with Gasteiger partial charge in [0.05, 0.1) is 0 Å². The number of aromatic amines is 1. The SMILES string of the molecule is c1ccc2cn(CCc3c[nH]c4ccccc34)cc2c1. The second-order valence-corrected chi connectivity index (χ2v) is 5.23. The van der Waals surface area contributed by atoms with E-state index in [0.717, 1.165) is 13.0 Å². The van der Waals surface area contributed by atoms with E-state index in [1.165, 1.54) is 27.2 Å². The quantitative estimate of drug-likeness (QED) is 0.565. The molecule has 0 spiro atoms. The normalized spacial score (nSPS) is 11.4. The second kappa shape index (κ2) is 4.57. The summed E-state index contributed by atoms with van der Waals surface area (Å²) < 4.78 is 2.28. The Balaban J connectivity index is 1.60. The van der Waals surface area contributed by atoms with Crippen LogP contribution in [0.5, 0.6) is 0 Å². The molecule has 2 aromatic heterocycles. The van der Waals surface area contributed by atoms with Gasteiger partial charge in [-0.3, -0.25) is 0 Å². The number of rotatable bonds is 3. The molecule has 20 heavy (non-hydrogen) atoms. The van der Waals surface area contributed by atoms with Gasteiger partial charge < -0.3 is 9.55 Å². The van der Waals surface area contributed by atoms with Crippen LogP contribution in [-0.4, -0.2) is 9.55 Å². The molecule has 0 aliphatic carbocycles. The standard InChI is InChI=1S/C18H16N2/c1-2-6-16-13-20(12-15(16)5-1)10-9-14-11-19-18-8-4-3-7-17(14)18/h1-8,11-13,19H,9-10H2. The topological polar surface area (TPSA) is 20.7 Å². The molecule has 0 saturated heterocycles. The van der Waals surface area contributed by atoms with Gasteiger partial charge in [-0.15, -0.1) is 0 Å². The summed E-state index contributed by atoms with van der Waals surface area (Å²) in [6, 6.07) is 17.0. The number of aromatic nitrogens is 2. The lowest BCUT2D eigenvalue weighted by molar-refractivity contribution is 0.706. The molecule has 0 fully saturated rings. The van der Waals surface area contributed by atoms with E-state index >= 15 is 0 Å². The van der Waals surface area contributed by atoms with Gasteiger partial charge in [-0.1, -0.05) is 42.5 Å². The summed E-state index contributed by atoms with van der Waals surface area (Å²) in [5.74, 6) is 0.